The average molecular weight is 550 g/mol. The van der Waals surface area contributed by atoms with Crippen molar-refractivity contribution in [2.45, 2.75) is 64.4 Å². The molecule has 2 amide bonds. The lowest BCUT2D eigenvalue weighted by molar-refractivity contribution is -0.0225. The number of piperidine rings is 1. The molecule has 2 aliphatic heterocycles. The Kier molecular flexibility index (Phi) is 7.34. The Bertz CT molecular complexity index is 1410. The molecule has 2 saturated heterocycles. The number of hydrogen-bond donors (Lipinski definition) is 2. The molecule has 5 rings (SSSR count). The van der Waals surface area contributed by atoms with Gasteiger partial charge in [-0.2, -0.15) is 0 Å². The number of fused-ring (bicyclic) bond motifs is 1. The van der Waals surface area contributed by atoms with E-state index in [-0.39, 0.29) is 17.7 Å². The van der Waals surface area contributed by atoms with Crippen LogP contribution in [0.25, 0.3) is 22.3 Å². The Labute approximate surface area is 233 Å². The minimum Gasteiger partial charge on any atom is -0.444 e. The highest BCUT2D eigenvalue weighted by atomic mass is 19.1. The van der Waals surface area contributed by atoms with Gasteiger partial charge >= 0.3 is 6.09 Å². The molecule has 2 aromatic heterocycles. The van der Waals surface area contributed by atoms with E-state index in [1.807, 2.05) is 45.0 Å². The zero-order valence-corrected chi connectivity index (χ0v) is 23.4. The predicted octanol–water partition coefficient (Wildman–Crippen LogP) is 4.15. The van der Waals surface area contributed by atoms with Crippen molar-refractivity contribution in [2.24, 2.45) is 5.73 Å². The maximum absolute atomic E-state index is 13.8. The topological polar surface area (TPSA) is 127 Å². The van der Waals surface area contributed by atoms with Crippen LogP contribution in [0.1, 0.15) is 56.5 Å². The Hall–Kier alpha value is -3.86. The van der Waals surface area contributed by atoms with Crippen molar-refractivity contribution in [3.05, 3.63) is 47.8 Å². The first kappa shape index (κ1) is 27.7. The van der Waals surface area contributed by atoms with Gasteiger partial charge in [0, 0.05) is 44.3 Å². The van der Waals surface area contributed by atoms with Gasteiger partial charge in [0.15, 0.2) is 5.82 Å². The fourth-order valence-electron chi connectivity index (χ4n) is 5.30. The van der Waals surface area contributed by atoms with E-state index in [1.54, 1.807) is 17.9 Å². The number of anilines is 1. The Morgan fingerprint density at radius 2 is 1.90 bits per heavy atom. The van der Waals surface area contributed by atoms with E-state index in [0.717, 1.165) is 24.0 Å². The first-order valence-corrected chi connectivity index (χ1v) is 13.6. The van der Waals surface area contributed by atoms with E-state index in [9.17, 15) is 14.0 Å². The quantitative estimate of drug-likeness (QED) is 0.470. The lowest BCUT2D eigenvalue weighted by Gasteiger charge is -2.42. The van der Waals surface area contributed by atoms with Crippen LogP contribution in [-0.2, 0) is 11.3 Å². The molecule has 3 N–H and O–H groups in total. The van der Waals surface area contributed by atoms with Crippen molar-refractivity contribution in [1.82, 2.24) is 24.8 Å². The highest BCUT2D eigenvalue weighted by Gasteiger charge is 2.38. The third-order valence-corrected chi connectivity index (χ3v) is 7.03. The normalized spacial score (nSPS) is 19.2. The first-order chi connectivity index (χ1) is 18.9. The van der Waals surface area contributed by atoms with Gasteiger partial charge in [0.25, 0.3) is 5.91 Å². The number of carbonyl (C=O) groups excluding carboxylic acids is 2. The monoisotopic (exact) mass is 549 g/mol. The molecule has 11 heteroatoms. The van der Waals surface area contributed by atoms with Crippen molar-refractivity contribution >= 4 is 28.9 Å². The van der Waals surface area contributed by atoms with Gasteiger partial charge in [0.05, 0.1) is 11.3 Å². The predicted molar refractivity (Wildman–Crippen MR) is 151 cm³/mol. The number of hydrogen-bond acceptors (Lipinski definition) is 8. The summed E-state index contributed by atoms with van der Waals surface area (Å²) < 4.78 is 19.4. The van der Waals surface area contributed by atoms with Gasteiger partial charge in [-0.3, -0.25) is 9.69 Å². The number of rotatable bonds is 6. The summed E-state index contributed by atoms with van der Waals surface area (Å²) in [5, 5.41) is 3.42. The molecule has 0 radical (unpaired) electrons. The Morgan fingerprint density at radius 3 is 2.55 bits per heavy atom. The number of alkyl halides is 1. The molecule has 0 unspecified atom stereocenters. The number of pyridine rings is 1. The standard InChI is InChI=1S/C29H36FN7O3/c1-28(2,3)40-27(39)37-11-5-6-20(14-37)34-26-24-23(32-17-33-26)21(25(31)38)12-22(35-24)19-9-7-18(8-10-19)13-36-15-29(4,30)16-36/h7-10,12,17,20H,5-6,11,13-16H2,1-4H3,(H2,31,38)(H,32,33,34)/t20-/m0/s1. The third kappa shape index (κ3) is 6.30. The zero-order chi connectivity index (χ0) is 28.7. The lowest BCUT2D eigenvalue weighted by Crippen LogP contribution is -2.56. The molecule has 3 aromatic rings. The van der Waals surface area contributed by atoms with Crippen LogP contribution in [0.4, 0.5) is 15.0 Å². The molecule has 0 saturated carbocycles. The van der Waals surface area contributed by atoms with Crippen LogP contribution in [0, 0.1) is 0 Å². The van der Waals surface area contributed by atoms with Crippen LogP contribution in [0.5, 0.6) is 0 Å². The van der Waals surface area contributed by atoms with Crippen molar-refractivity contribution in [3.8, 4) is 11.3 Å². The summed E-state index contributed by atoms with van der Waals surface area (Å²) in [7, 11) is 0. The maximum atomic E-state index is 13.8. The summed E-state index contributed by atoms with van der Waals surface area (Å²) >= 11 is 0. The Balaban J connectivity index is 1.39. The lowest BCUT2D eigenvalue weighted by atomic mass is 9.98. The number of aromatic nitrogens is 3. The number of nitrogens with one attached hydrogen (secondary N) is 1. The van der Waals surface area contributed by atoms with Crippen LogP contribution >= 0.6 is 0 Å². The van der Waals surface area contributed by atoms with Crippen LogP contribution < -0.4 is 11.1 Å². The molecule has 212 valence electrons. The minimum atomic E-state index is -1.11. The second-order valence-electron chi connectivity index (χ2n) is 12.0. The molecule has 40 heavy (non-hydrogen) atoms. The number of amides is 2. The minimum absolute atomic E-state index is 0.0891. The molecule has 0 aliphatic carbocycles. The molecule has 0 bridgehead atoms. The molecule has 2 aliphatic rings. The summed E-state index contributed by atoms with van der Waals surface area (Å²) in [5.41, 5.74) is 7.51. The van der Waals surface area contributed by atoms with E-state index < -0.39 is 17.2 Å². The highest BCUT2D eigenvalue weighted by Crippen LogP contribution is 2.30. The van der Waals surface area contributed by atoms with Gasteiger partial charge in [0.2, 0.25) is 0 Å². The SMILES string of the molecule is CC1(F)CN(Cc2ccc(-c3cc(C(N)=O)c4ncnc(N[C@H]5CCCN(C(=O)OC(C)(C)C)C5)c4n3)cc2)C1. The average Bonchev–Trinajstić information content (AvgIpc) is 2.87. The molecule has 2 fully saturated rings. The fraction of sp³-hybridized carbons (Fsp3) is 0.483. The van der Waals surface area contributed by atoms with Crippen molar-refractivity contribution in [1.29, 1.82) is 0 Å². The molecule has 10 nitrogen and oxygen atoms in total. The van der Waals surface area contributed by atoms with Crippen molar-refractivity contribution in [3.63, 3.8) is 0 Å². The number of halogens is 1. The summed E-state index contributed by atoms with van der Waals surface area (Å²) in [6.07, 6.45) is 2.66. The molecule has 0 spiro atoms. The van der Waals surface area contributed by atoms with E-state index >= 15 is 0 Å². The van der Waals surface area contributed by atoms with Gasteiger partial charge in [-0.05, 0) is 52.2 Å². The first-order valence-electron chi connectivity index (χ1n) is 13.6. The number of ether oxygens (including phenoxy) is 1. The molecular weight excluding hydrogens is 513 g/mol. The van der Waals surface area contributed by atoms with Crippen LogP contribution in [0.15, 0.2) is 36.7 Å². The van der Waals surface area contributed by atoms with E-state index in [2.05, 4.69) is 20.2 Å². The van der Waals surface area contributed by atoms with Gasteiger partial charge in [0.1, 0.15) is 28.6 Å². The van der Waals surface area contributed by atoms with Crippen LogP contribution in [-0.4, -0.2) is 80.2 Å². The van der Waals surface area contributed by atoms with Crippen LogP contribution in [0.3, 0.4) is 0 Å². The van der Waals surface area contributed by atoms with Crippen molar-refractivity contribution in [2.75, 3.05) is 31.5 Å². The highest BCUT2D eigenvalue weighted by molar-refractivity contribution is 6.06. The van der Waals surface area contributed by atoms with Gasteiger partial charge in [-0.15, -0.1) is 0 Å². The summed E-state index contributed by atoms with van der Waals surface area (Å²) in [6, 6.07) is 9.37. The molecule has 4 heterocycles. The number of nitrogens with two attached hydrogens (primary N) is 1. The van der Waals surface area contributed by atoms with Gasteiger partial charge in [-0.1, -0.05) is 24.3 Å². The Morgan fingerprint density at radius 1 is 1.18 bits per heavy atom. The maximum Gasteiger partial charge on any atom is 0.410 e. The number of likely N-dealkylation sites (tertiary alicyclic amines) is 2. The third-order valence-electron chi connectivity index (χ3n) is 7.03. The molecule has 1 atom stereocenters. The summed E-state index contributed by atoms with van der Waals surface area (Å²) in [6.45, 7) is 9.74. The molecule has 1 aromatic carbocycles. The summed E-state index contributed by atoms with van der Waals surface area (Å²) in [5.74, 6) is -0.148. The fourth-order valence-corrected chi connectivity index (χ4v) is 5.30. The smallest absolute Gasteiger partial charge is 0.410 e. The number of nitrogens with zero attached hydrogens (tertiary/aromatic N) is 5. The number of primary amides is 1. The summed E-state index contributed by atoms with van der Waals surface area (Å²) in [4.78, 5) is 42.4. The second kappa shape index (κ2) is 10.6. The number of benzene rings is 1. The number of carbonyl (C=O) groups is 2. The van der Waals surface area contributed by atoms with E-state index in [4.69, 9.17) is 15.5 Å². The zero-order valence-electron chi connectivity index (χ0n) is 23.4. The largest absolute Gasteiger partial charge is 0.444 e. The van der Waals surface area contributed by atoms with Gasteiger partial charge < -0.3 is 20.7 Å². The van der Waals surface area contributed by atoms with Crippen molar-refractivity contribution < 1.29 is 18.7 Å². The second-order valence-corrected chi connectivity index (χ2v) is 12.0. The molecular formula is C29H36FN7O3. The van der Waals surface area contributed by atoms with Gasteiger partial charge in [-0.25, -0.2) is 24.1 Å². The van der Waals surface area contributed by atoms with Crippen LogP contribution in [0.2, 0.25) is 0 Å². The van der Waals surface area contributed by atoms with E-state index in [1.165, 1.54) is 6.33 Å². The van der Waals surface area contributed by atoms with E-state index in [0.29, 0.717) is 55.3 Å².